The number of thiophene rings is 1. The lowest BCUT2D eigenvalue weighted by Gasteiger charge is -2.28. The van der Waals surface area contributed by atoms with Crippen molar-refractivity contribution >= 4 is 34.7 Å². The first-order valence-electron chi connectivity index (χ1n) is 5.85. The number of aromatic nitrogens is 1. The summed E-state index contributed by atoms with van der Waals surface area (Å²) in [5.41, 5.74) is 1.37. The third kappa shape index (κ3) is 2.19. The Bertz CT molecular complexity index is 641. The molecule has 2 aromatic rings. The van der Waals surface area contributed by atoms with Crippen molar-refractivity contribution in [3.8, 4) is 0 Å². The summed E-state index contributed by atoms with van der Waals surface area (Å²) < 4.78 is 0. The van der Waals surface area contributed by atoms with Crippen molar-refractivity contribution < 1.29 is 9.90 Å². The maximum atomic E-state index is 11.1. The van der Waals surface area contributed by atoms with E-state index in [0.717, 1.165) is 19.5 Å². The zero-order valence-electron chi connectivity index (χ0n) is 9.97. The molecule has 0 bridgehead atoms. The number of rotatable bonds is 2. The number of fused-ring (bicyclic) bond motifs is 1. The minimum atomic E-state index is -1.03. The van der Waals surface area contributed by atoms with E-state index < -0.39 is 5.97 Å². The molecule has 1 N–H and O–H groups in total. The minimum absolute atomic E-state index is 0.0998. The van der Waals surface area contributed by atoms with Gasteiger partial charge in [0.25, 0.3) is 0 Å². The Morgan fingerprint density at radius 2 is 2.32 bits per heavy atom. The van der Waals surface area contributed by atoms with Crippen LogP contribution in [0.5, 0.6) is 0 Å². The molecule has 0 saturated carbocycles. The van der Waals surface area contributed by atoms with Gasteiger partial charge in [0.2, 0.25) is 0 Å². The molecule has 19 heavy (non-hydrogen) atoms. The first-order valence-corrected chi connectivity index (χ1v) is 7.10. The molecule has 3 rings (SSSR count). The van der Waals surface area contributed by atoms with Crippen molar-refractivity contribution in [3.05, 3.63) is 44.7 Å². The van der Waals surface area contributed by atoms with Gasteiger partial charge in [-0.1, -0.05) is 11.6 Å². The van der Waals surface area contributed by atoms with E-state index in [2.05, 4.69) is 16.4 Å². The maximum Gasteiger partial charge on any atom is 0.337 e. The largest absolute Gasteiger partial charge is 0.478 e. The van der Waals surface area contributed by atoms with Crippen molar-refractivity contribution in [3.63, 3.8) is 0 Å². The van der Waals surface area contributed by atoms with Gasteiger partial charge in [0.05, 0.1) is 10.6 Å². The lowest BCUT2D eigenvalue weighted by molar-refractivity contribution is 0.0697. The molecule has 0 unspecified atom stereocenters. The Kier molecular flexibility index (Phi) is 3.16. The number of hydrogen-bond acceptors (Lipinski definition) is 4. The molecule has 2 aromatic heterocycles. The van der Waals surface area contributed by atoms with Crippen LogP contribution in [0.25, 0.3) is 0 Å². The van der Waals surface area contributed by atoms with Gasteiger partial charge in [0, 0.05) is 24.2 Å². The molecule has 0 fully saturated rings. The highest BCUT2D eigenvalue weighted by molar-refractivity contribution is 7.10. The Morgan fingerprint density at radius 3 is 3.11 bits per heavy atom. The summed E-state index contributed by atoms with van der Waals surface area (Å²) in [7, 11) is 0. The maximum absolute atomic E-state index is 11.1. The van der Waals surface area contributed by atoms with Crippen LogP contribution in [0, 0.1) is 0 Å². The predicted octanol–water partition coefficient (Wildman–Crippen LogP) is 3.06. The van der Waals surface area contributed by atoms with E-state index >= 15 is 0 Å². The molecule has 4 nitrogen and oxygen atoms in total. The Hall–Kier alpha value is -1.59. The molecule has 0 aliphatic carbocycles. The second kappa shape index (κ2) is 4.83. The van der Waals surface area contributed by atoms with Crippen molar-refractivity contribution in [1.29, 1.82) is 0 Å². The summed E-state index contributed by atoms with van der Waals surface area (Å²) in [6.07, 6.45) is 2.44. The molecule has 98 valence electrons. The molecule has 0 radical (unpaired) electrons. The molecule has 6 heteroatoms. The van der Waals surface area contributed by atoms with E-state index in [4.69, 9.17) is 16.7 Å². The Balaban J connectivity index is 1.96. The van der Waals surface area contributed by atoms with Gasteiger partial charge < -0.3 is 10.0 Å². The third-order valence-electron chi connectivity index (χ3n) is 3.21. The molecular formula is C13H11ClN2O2S. The van der Waals surface area contributed by atoms with Gasteiger partial charge in [0.1, 0.15) is 5.82 Å². The molecular weight excluding hydrogens is 284 g/mol. The molecule has 0 aromatic carbocycles. The van der Waals surface area contributed by atoms with Gasteiger partial charge in [0.15, 0.2) is 0 Å². The summed E-state index contributed by atoms with van der Waals surface area (Å²) in [6, 6.07) is 3.52. The summed E-state index contributed by atoms with van der Waals surface area (Å²) in [5, 5.41) is 11.4. The summed E-state index contributed by atoms with van der Waals surface area (Å²) in [4.78, 5) is 18.7. The molecule has 0 spiro atoms. The van der Waals surface area contributed by atoms with Gasteiger partial charge in [-0.15, -0.1) is 11.3 Å². The van der Waals surface area contributed by atoms with Gasteiger partial charge in [-0.2, -0.15) is 0 Å². The third-order valence-corrected chi connectivity index (χ3v) is 4.60. The minimum Gasteiger partial charge on any atom is -0.478 e. The highest BCUT2D eigenvalue weighted by Gasteiger charge is 2.22. The van der Waals surface area contributed by atoms with E-state index in [1.807, 2.05) is 4.90 Å². The molecule has 1 aliphatic rings. The number of anilines is 1. The van der Waals surface area contributed by atoms with Gasteiger partial charge >= 0.3 is 5.97 Å². The van der Waals surface area contributed by atoms with Crippen molar-refractivity contribution in [1.82, 2.24) is 4.98 Å². The monoisotopic (exact) mass is 294 g/mol. The number of halogens is 1. The van der Waals surface area contributed by atoms with Crippen LogP contribution in [0.15, 0.2) is 23.7 Å². The number of hydrogen-bond donors (Lipinski definition) is 1. The van der Waals surface area contributed by atoms with Crippen LogP contribution in [0.1, 0.15) is 20.8 Å². The van der Waals surface area contributed by atoms with E-state index in [1.54, 1.807) is 11.3 Å². The van der Waals surface area contributed by atoms with Crippen LogP contribution in [-0.4, -0.2) is 22.6 Å². The Labute approximate surface area is 119 Å². The Morgan fingerprint density at radius 1 is 1.47 bits per heavy atom. The second-order valence-corrected chi connectivity index (χ2v) is 5.72. The first-order chi connectivity index (χ1) is 9.16. The van der Waals surface area contributed by atoms with E-state index in [9.17, 15) is 4.79 Å². The molecule has 0 amide bonds. The summed E-state index contributed by atoms with van der Waals surface area (Å²) >= 11 is 7.92. The highest BCUT2D eigenvalue weighted by atomic mass is 35.5. The molecule has 3 heterocycles. The standard InChI is InChI=1S/C13H11ClN2O2S/c14-11-9(13(17)18)1-4-15-12(11)16-5-2-10-8(7-16)3-6-19-10/h1,3-4,6H,2,5,7H2,(H,17,18). The lowest BCUT2D eigenvalue weighted by atomic mass is 10.1. The number of carboxylic acid groups (broad SMARTS) is 1. The average Bonchev–Trinajstić information content (AvgIpc) is 2.85. The van der Waals surface area contributed by atoms with Crippen LogP contribution >= 0.6 is 22.9 Å². The first kappa shape index (κ1) is 12.4. The predicted molar refractivity (Wildman–Crippen MR) is 75.3 cm³/mol. The van der Waals surface area contributed by atoms with Gasteiger partial charge in [-0.05, 0) is 29.5 Å². The van der Waals surface area contributed by atoms with E-state index in [0.29, 0.717) is 5.82 Å². The van der Waals surface area contributed by atoms with Gasteiger partial charge in [-0.3, -0.25) is 0 Å². The van der Waals surface area contributed by atoms with Crippen LogP contribution in [-0.2, 0) is 13.0 Å². The topological polar surface area (TPSA) is 53.4 Å². The fraction of sp³-hybridized carbons (Fsp3) is 0.231. The quantitative estimate of drug-likeness (QED) is 0.925. The zero-order valence-corrected chi connectivity index (χ0v) is 11.5. The highest BCUT2D eigenvalue weighted by Crippen LogP contribution is 2.32. The van der Waals surface area contributed by atoms with Crippen LogP contribution in [0.3, 0.4) is 0 Å². The molecule has 0 atom stereocenters. The van der Waals surface area contributed by atoms with Crippen molar-refractivity contribution in [2.24, 2.45) is 0 Å². The number of nitrogens with zero attached hydrogens (tertiary/aromatic N) is 2. The second-order valence-electron chi connectivity index (χ2n) is 4.34. The van der Waals surface area contributed by atoms with Crippen LogP contribution in [0.2, 0.25) is 5.02 Å². The number of pyridine rings is 1. The lowest BCUT2D eigenvalue weighted by Crippen LogP contribution is -2.30. The van der Waals surface area contributed by atoms with Crippen LogP contribution in [0.4, 0.5) is 5.82 Å². The number of carbonyl (C=O) groups is 1. The average molecular weight is 295 g/mol. The fourth-order valence-electron chi connectivity index (χ4n) is 2.25. The SMILES string of the molecule is O=C(O)c1ccnc(N2CCc3sccc3C2)c1Cl. The normalized spacial score (nSPS) is 14.3. The van der Waals surface area contributed by atoms with Crippen LogP contribution < -0.4 is 4.90 Å². The van der Waals surface area contributed by atoms with Crippen molar-refractivity contribution in [2.45, 2.75) is 13.0 Å². The molecule has 0 saturated heterocycles. The fourth-order valence-corrected chi connectivity index (χ4v) is 3.45. The summed E-state index contributed by atoms with van der Waals surface area (Å²) in [6.45, 7) is 1.54. The van der Waals surface area contributed by atoms with Gasteiger partial charge in [-0.25, -0.2) is 9.78 Å². The number of carboxylic acids is 1. The molecule has 1 aliphatic heterocycles. The number of aromatic carboxylic acids is 1. The zero-order chi connectivity index (χ0) is 13.4. The smallest absolute Gasteiger partial charge is 0.337 e. The summed E-state index contributed by atoms with van der Waals surface area (Å²) in [5.74, 6) is -0.472. The van der Waals surface area contributed by atoms with Crippen molar-refractivity contribution in [2.75, 3.05) is 11.4 Å². The van der Waals surface area contributed by atoms with E-state index in [-0.39, 0.29) is 10.6 Å². The van der Waals surface area contributed by atoms with E-state index in [1.165, 1.54) is 22.7 Å².